The van der Waals surface area contributed by atoms with Crippen LogP contribution in [0.1, 0.15) is 47.0 Å². The Bertz CT molecular complexity index is 200. The summed E-state index contributed by atoms with van der Waals surface area (Å²) in [6.07, 6.45) is 4.04. The molecule has 0 heterocycles. The number of hydrogen-bond acceptors (Lipinski definition) is 1. The first-order chi connectivity index (χ1) is 6.50. The number of hydrogen-bond donors (Lipinski definition) is 1. The SMILES string of the molecule is CC(=S)NC1CC(C)CCC1C(C)C. The summed E-state index contributed by atoms with van der Waals surface area (Å²) in [5.41, 5.74) is 0. The van der Waals surface area contributed by atoms with Gasteiger partial charge in [-0.3, -0.25) is 0 Å². The fraction of sp³-hybridized carbons (Fsp3) is 0.917. The van der Waals surface area contributed by atoms with E-state index < -0.39 is 0 Å². The van der Waals surface area contributed by atoms with E-state index in [0.29, 0.717) is 6.04 Å². The predicted octanol–water partition coefficient (Wildman–Crippen LogP) is 3.38. The van der Waals surface area contributed by atoms with Gasteiger partial charge < -0.3 is 5.32 Å². The highest BCUT2D eigenvalue weighted by Crippen LogP contribution is 2.33. The Labute approximate surface area is 93.7 Å². The lowest BCUT2D eigenvalue weighted by Gasteiger charge is -2.38. The van der Waals surface area contributed by atoms with Gasteiger partial charge in [0, 0.05) is 6.04 Å². The van der Waals surface area contributed by atoms with E-state index in [9.17, 15) is 0 Å². The quantitative estimate of drug-likeness (QED) is 0.706. The lowest BCUT2D eigenvalue weighted by atomic mass is 9.74. The van der Waals surface area contributed by atoms with Crippen molar-refractivity contribution in [1.82, 2.24) is 5.32 Å². The summed E-state index contributed by atoms with van der Waals surface area (Å²) in [5.74, 6) is 2.44. The summed E-state index contributed by atoms with van der Waals surface area (Å²) in [6.45, 7) is 9.00. The van der Waals surface area contributed by atoms with Crippen molar-refractivity contribution in [3.05, 3.63) is 0 Å². The fourth-order valence-corrected chi connectivity index (χ4v) is 2.78. The summed E-state index contributed by atoms with van der Waals surface area (Å²) in [4.78, 5) is 0.953. The molecule has 0 spiro atoms. The van der Waals surface area contributed by atoms with Gasteiger partial charge in [-0.2, -0.15) is 0 Å². The highest BCUT2D eigenvalue weighted by Gasteiger charge is 2.30. The van der Waals surface area contributed by atoms with Gasteiger partial charge in [0.1, 0.15) is 0 Å². The Morgan fingerprint density at radius 2 is 2.00 bits per heavy atom. The first-order valence-corrected chi connectivity index (χ1v) is 6.18. The fourth-order valence-electron chi connectivity index (χ4n) is 2.63. The zero-order chi connectivity index (χ0) is 10.7. The molecule has 1 fully saturated rings. The number of nitrogens with one attached hydrogen (secondary N) is 1. The van der Waals surface area contributed by atoms with Crippen LogP contribution in [-0.2, 0) is 0 Å². The minimum atomic E-state index is 0.622. The van der Waals surface area contributed by atoms with Crippen LogP contribution in [0.4, 0.5) is 0 Å². The van der Waals surface area contributed by atoms with Gasteiger partial charge in [-0.15, -0.1) is 0 Å². The largest absolute Gasteiger partial charge is 0.377 e. The molecule has 0 saturated heterocycles. The molecular weight excluding hydrogens is 190 g/mol. The van der Waals surface area contributed by atoms with E-state index in [-0.39, 0.29) is 0 Å². The topological polar surface area (TPSA) is 12.0 Å². The van der Waals surface area contributed by atoms with Crippen LogP contribution in [0.25, 0.3) is 0 Å². The highest BCUT2D eigenvalue weighted by molar-refractivity contribution is 7.80. The first-order valence-electron chi connectivity index (χ1n) is 5.77. The molecular formula is C12H23NS. The van der Waals surface area contributed by atoms with Gasteiger partial charge >= 0.3 is 0 Å². The monoisotopic (exact) mass is 213 g/mol. The maximum atomic E-state index is 5.14. The standard InChI is InChI=1S/C12H23NS/c1-8(2)11-6-5-9(3)7-12(11)13-10(4)14/h8-9,11-12H,5-7H2,1-4H3,(H,13,14). The summed E-state index contributed by atoms with van der Waals surface area (Å²) in [5, 5.41) is 3.48. The average molecular weight is 213 g/mol. The second-order valence-electron chi connectivity index (χ2n) is 5.13. The van der Waals surface area contributed by atoms with Crippen molar-refractivity contribution in [3.8, 4) is 0 Å². The summed E-state index contributed by atoms with van der Waals surface area (Å²) in [7, 11) is 0. The molecule has 1 rings (SSSR count). The van der Waals surface area contributed by atoms with E-state index >= 15 is 0 Å². The van der Waals surface area contributed by atoms with Crippen LogP contribution in [0.15, 0.2) is 0 Å². The van der Waals surface area contributed by atoms with Crippen molar-refractivity contribution in [1.29, 1.82) is 0 Å². The number of thiocarbonyl (C=S) groups is 1. The van der Waals surface area contributed by atoms with E-state index in [1.807, 2.05) is 6.92 Å². The Morgan fingerprint density at radius 3 is 2.50 bits per heavy atom. The van der Waals surface area contributed by atoms with E-state index in [1.165, 1.54) is 19.3 Å². The van der Waals surface area contributed by atoms with Crippen molar-refractivity contribution in [2.75, 3.05) is 0 Å². The predicted molar refractivity (Wildman–Crippen MR) is 66.5 cm³/mol. The molecule has 0 radical (unpaired) electrons. The normalized spacial score (nSPS) is 33.1. The lowest BCUT2D eigenvalue weighted by molar-refractivity contribution is 0.186. The molecule has 1 N–H and O–H groups in total. The van der Waals surface area contributed by atoms with Crippen molar-refractivity contribution >= 4 is 17.2 Å². The minimum Gasteiger partial charge on any atom is -0.377 e. The lowest BCUT2D eigenvalue weighted by Crippen LogP contribution is -2.44. The van der Waals surface area contributed by atoms with Crippen LogP contribution in [0.2, 0.25) is 0 Å². The van der Waals surface area contributed by atoms with Gasteiger partial charge in [-0.25, -0.2) is 0 Å². The molecule has 3 atom stereocenters. The molecule has 3 unspecified atom stereocenters. The molecule has 0 aromatic heterocycles. The Kier molecular flexibility index (Phi) is 4.36. The highest BCUT2D eigenvalue weighted by atomic mass is 32.1. The van der Waals surface area contributed by atoms with Crippen LogP contribution in [0, 0.1) is 17.8 Å². The van der Waals surface area contributed by atoms with E-state index in [1.54, 1.807) is 0 Å². The second kappa shape index (κ2) is 5.11. The molecule has 1 aliphatic rings. The van der Waals surface area contributed by atoms with Crippen molar-refractivity contribution < 1.29 is 0 Å². The molecule has 0 aromatic rings. The van der Waals surface area contributed by atoms with Gasteiger partial charge in [-0.05, 0) is 37.5 Å². The van der Waals surface area contributed by atoms with Crippen molar-refractivity contribution in [2.24, 2.45) is 17.8 Å². The molecule has 0 amide bonds. The third-order valence-electron chi connectivity index (χ3n) is 3.41. The molecule has 1 saturated carbocycles. The van der Waals surface area contributed by atoms with Gasteiger partial charge in [0.25, 0.3) is 0 Å². The van der Waals surface area contributed by atoms with Crippen molar-refractivity contribution in [3.63, 3.8) is 0 Å². The molecule has 2 heteroatoms. The third-order valence-corrected chi connectivity index (χ3v) is 3.53. The molecule has 14 heavy (non-hydrogen) atoms. The smallest absolute Gasteiger partial charge is 0.0724 e. The van der Waals surface area contributed by atoms with E-state index in [0.717, 1.165) is 22.7 Å². The second-order valence-corrected chi connectivity index (χ2v) is 5.75. The van der Waals surface area contributed by atoms with Crippen LogP contribution in [0.5, 0.6) is 0 Å². The molecule has 0 bridgehead atoms. The van der Waals surface area contributed by atoms with E-state index in [2.05, 4.69) is 26.1 Å². The summed E-state index contributed by atoms with van der Waals surface area (Å²) >= 11 is 5.14. The molecule has 0 aromatic carbocycles. The molecule has 0 aliphatic heterocycles. The summed E-state index contributed by atoms with van der Waals surface area (Å²) in [6, 6.07) is 0.622. The van der Waals surface area contributed by atoms with Crippen LogP contribution < -0.4 is 5.32 Å². The van der Waals surface area contributed by atoms with Crippen LogP contribution in [-0.4, -0.2) is 11.0 Å². The molecule has 1 nitrogen and oxygen atoms in total. The molecule has 82 valence electrons. The van der Waals surface area contributed by atoms with E-state index in [4.69, 9.17) is 12.2 Å². The van der Waals surface area contributed by atoms with Gasteiger partial charge in [0.2, 0.25) is 0 Å². The van der Waals surface area contributed by atoms with Gasteiger partial charge in [0.05, 0.1) is 4.99 Å². The molecule has 1 aliphatic carbocycles. The van der Waals surface area contributed by atoms with Crippen molar-refractivity contribution in [2.45, 2.75) is 53.0 Å². The van der Waals surface area contributed by atoms with Gasteiger partial charge in [-0.1, -0.05) is 39.4 Å². The van der Waals surface area contributed by atoms with Crippen LogP contribution in [0.3, 0.4) is 0 Å². The van der Waals surface area contributed by atoms with Crippen LogP contribution >= 0.6 is 12.2 Å². The Hall–Kier alpha value is -0.110. The zero-order valence-corrected chi connectivity index (χ0v) is 10.7. The maximum Gasteiger partial charge on any atom is 0.0724 e. The zero-order valence-electron chi connectivity index (χ0n) is 9.84. The maximum absolute atomic E-state index is 5.14. The summed E-state index contributed by atoms with van der Waals surface area (Å²) < 4.78 is 0. The minimum absolute atomic E-state index is 0.622. The Morgan fingerprint density at radius 1 is 1.36 bits per heavy atom. The third kappa shape index (κ3) is 3.23. The number of rotatable bonds is 2. The van der Waals surface area contributed by atoms with Gasteiger partial charge in [0.15, 0.2) is 0 Å². The first kappa shape index (κ1) is 12.0. The average Bonchev–Trinajstić information content (AvgIpc) is 2.01. The Balaban J connectivity index is 2.58.